The van der Waals surface area contributed by atoms with Gasteiger partial charge in [-0.2, -0.15) is 0 Å². The summed E-state index contributed by atoms with van der Waals surface area (Å²) in [4.78, 5) is 14.2. The van der Waals surface area contributed by atoms with Gasteiger partial charge in [0.2, 0.25) is 0 Å². The van der Waals surface area contributed by atoms with Crippen molar-refractivity contribution in [2.75, 3.05) is 26.4 Å². The number of nitrogen functional groups attached to an aromatic ring is 1. The Labute approximate surface area is 119 Å². The van der Waals surface area contributed by atoms with Gasteiger partial charge < -0.3 is 16.0 Å². The summed E-state index contributed by atoms with van der Waals surface area (Å²) < 4.78 is 0. The van der Waals surface area contributed by atoms with E-state index in [9.17, 15) is 4.79 Å². The van der Waals surface area contributed by atoms with Crippen LogP contribution >= 0.6 is 11.6 Å². The van der Waals surface area contributed by atoms with Gasteiger partial charge in [-0.3, -0.25) is 4.79 Å². The maximum Gasteiger partial charge on any atom is 0.251 e. The highest BCUT2D eigenvalue weighted by Gasteiger charge is 2.17. The van der Waals surface area contributed by atoms with E-state index in [0.717, 1.165) is 0 Å². The van der Waals surface area contributed by atoms with Crippen LogP contribution in [0.3, 0.4) is 0 Å². The molecule has 1 amide bonds. The summed E-state index contributed by atoms with van der Waals surface area (Å²) in [5.41, 5.74) is 6.66. The molecule has 4 nitrogen and oxygen atoms in total. The molecule has 1 aromatic rings. The number of carbonyl (C=O) groups excluding carboxylic acids is 1. The quantitative estimate of drug-likeness (QED) is 0.815. The van der Waals surface area contributed by atoms with Crippen LogP contribution in [0.15, 0.2) is 18.2 Å². The molecule has 0 radical (unpaired) electrons. The molecule has 0 aliphatic heterocycles. The first-order valence-electron chi connectivity index (χ1n) is 6.32. The van der Waals surface area contributed by atoms with Crippen molar-refractivity contribution in [2.45, 2.75) is 19.9 Å². The smallest absolute Gasteiger partial charge is 0.251 e. The van der Waals surface area contributed by atoms with Crippen LogP contribution in [0.25, 0.3) is 0 Å². The van der Waals surface area contributed by atoms with Gasteiger partial charge in [-0.1, -0.05) is 25.4 Å². The first-order valence-corrected chi connectivity index (χ1v) is 6.69. The van der Waals surface area contributed by atoms with E-state index in [1.807, 2.05) is 14.1 Å². The van der Waals surface area contributed by atoms with Gasteiger partial charge in [0.25, 0.3) is 5.91 Å². The Hall–Kier alpha value is -1.26. The van der Waals surface area contributed by atoms with Crippen molar-refractivity contribution in [3.63, 3.8) is 0 Å². The molecule has 3 N–H and O–H groups in total. The Morgan fingerprint density at radius 3 is 2.47 bits per heavy atom. The summed E-state index contributed by atoms with van der Waals surface area (Å²) in [6.45, 7) is 4.86. The minimum absolute atomic E-state index is 0.151. The van der Waals surface area contributed by atoms with Crippen molar-refractivity contribution < 1.29 is 4.79 Å². The first kappa shape index (κ1) is 15.8. The molecule has 0 saturated heterocycles. The number of nitrogens with zero attached hydrogens (tertiary/aromatic N) is 1. The molecule has 5 heteroatoms. The monoisotopic (exact) mass is 283 g/mol. The summed E-state index contributed by atoms with van der Waals surface area (Å²) in [6.07, 6.45) is 0. The molecule has 1 rings (SSSR count). The molecule has 0 fully saturated rings. The highest BCUT2D eigenvalue weighted by molar-refractivity contribution is 6.31. The highest BCUT2D eigenvalue weighted by Crippen LogP contribution is 2.16. The number of halogens is 1. The molecule has 0 heterocycles. The summed E-state index contributed by atoms with van der Waals surface area (Å²) in [5.74, 6) is 0.307. The van der Waals surface area contributed by atoms with Gasteiger partial charge in [0.1, 0.15) is 0 Å². The fourth-order valence-electron chi connectivity index (χ4n) is 2.06. The van der Waals surface area contributed by atoms with Crippen LogP contribution in [0, 0.1) is 5.92 Å². The van der Waals surface area contributed by atoms with Crippen molar-refractivity contribution in [3.8, 4) is 0 Å². The molecule has 106 valence electrons. The highest BCUT2D eigenvalue weighted by atomic mass is 35.5. The summed E-state index contributed by atoms with van der Waals surface area (Å²) in [7, 11) is 4.02. The third-order valence-corrected chi connectivity index (χ3v) is 3.31. The van der Waals surface area contributed by atoms with Crippen LogP contribution in [-0.4, -0.2) is 37.5 Å². The third kappa shape index (κ3) is 4.73. The fraction of sp³-hybridized carbons (Fsp3) is 0.500. The standard InChI is InChI=1S/C14H22ClN3O/c1-9(2)13(18(3)4)8-17-14(19)10-5-11(15)7-12(16)6-10/h5-7,9,13H,8,16H2,1-4H3,(H,17,19). The summed E-state index contributed by atoms with van der Waals surface area (Å²) in [6, 6.07) is 5.16. The van der Waals surface area contributed by atoms with Gasteiger partial charge >= 0.3 is 0 Å². The number of anilines is 1. The SMILES string of the molecule is CC(C)C(CNC(=O)c1cc(N)cc(Cl)c1)N(C)C. The van der Waals surface area contributed by atoms with E-state index in [0.29, 0.717) is 34.8 Å². The summed E-state index contributed by atoms with van der Waals surface area (Å²) in [5, 5.41) is 3.39. The van der Waals surface area contributed by atoms with E-state index in [1.165, 1.54) is 0 Å². The molecule has 0 spiro atoms. The van der Waals surface area contributed by atoms with Gasteiger partial charge in [-0.25, -0.2) is 0 Å². The molecule has 0 aliphatic carbocycles. The zero-order valence-electron chi connectivity index (χ0n) is 11.9. The minimum Gasteiger partial charge on any atom is -0.399 e. The van der Waals surface area contributed by atoms with E-state index >= 15 is 0 Å². The maximum atomic E-state index is 12.1. The Morgan fingerprint density at radius 2 is 2.00 bits per heavy atom. The average Bonchev–Trinajstić information content (AvgIpc) is 2.26. The number of hydrogen-bond acceptors (Lipinski definition) is 3. The Kier molecular flexibility index (Phi) is 5.63. The first-order chi connectivity index (χ1) is 8.81. The van der Waals surface area contributed by atoms with Crippen molar-refractivity contribution >= 4 is 23.2 Å². The molecule has 1 aromatic carbocycles. The van der Waals surface area contributed by atoms with Gasteiger partial charge in [0.05, 0.1) is 0 Å². The van der Waals surface area contributed by atoms with E-state index in [1.54, 1.807) is 18.2 Å². The number of rotatable bonds is 5. The van der Waals surface area contributed by atoms with E-state index < -0.39 is 0 Å². The molecule has 0 saturated carbocycles. The maximum absolute atomic E-state index is 12.1. The topological polar surface area (TPSA) is 58.4 Å². The minimum atomic E-state index is -0.151. The number of nitrogens with two attached hydrogens (primary N) is 1. The second-order valence-corrected chi connectivity index (χ2v) is 5.69. The molecule has 0 bridgehead atoms. The zero-order chi connectivity index (χ0) is 14.6. The predicted molar refractivity (Wildman–Crippen MR) is 80.5 cm³/mol. The van der Waals surface area contributed by atoms with Crippen LogP contribution in [0.1, 0.15) is 24.2 Å². The number of hydrogen-bond donors (Lipinski definition) is 2. The second-order valence-electron chi connectivity index (χ2n) is 5.26. The summed E-state index contributed by atoms with van der Waals surface area (Å²) >= 11 is 5.89. The number of amides is 1. The lowest BCUT2D eigenvalue weighted by molar-refractivity contribution is 0.0934. The van der Waals surface area contributed by atoms with Crippen LogP contribution in [0.4, 0.5) is 5.69 Å². The van der Waals surface area contributed by atoms with Crippen molar-refractivity contribution in [3.05, 3.63) is 28.8 Å². The molecule has 19 heavy (non-hydrogen) atoms. The van der Waals surface area contributed by atoms with Crippen molar-refractivity contribution in [2.24, 2.45) is 5.92 Å². The lowest BCUT2D eigenvalue weighted by atomic mass is 10.0. The molecule has 0 aromatic heterocycles. The third-order valence-electron chi connectivity index (χ3n) is 3.09. The van der Waals surface area contributed by atoms with Gasteiger partial charge in [0, 0.05) is 28.9 Å². The largest absolute Gasteiger partial charge is 0.399 e. The molecule has 1 atom stereocenters. The van der Waals surface area contributed by atoms with Gasteiger partial charge in [-0.15, -0.1) is 0 Å². The van der Waals surface area contributed by atoms with Crippen molar-refractivity contribution in [1.29, 1.82) is 0 Å². The normalized spacial score (nSPS) is 12.8. The predicted octanol–water partition coefficient (Wildman–Crippen LogP) is 2.24. The number of benzene rings is 1. The Bertz CT molecular complexity index is 418. The second kappa shape index (κ2) is 6.78. The van der Waals surface area contributed by atoms with Crippen LogP contribution in [-0.2, 0) is 0 Å². The van der Waals surface area contributed by atoms with E-state index in [2.05, 4.69) is 24.1 Å². The van der Waals surface area contributed by atoms with Crippen LogP contribution in [0.5, 0.6) is 0 Å². The van der Waals surface area contributed by atoms with Crippen molar-refractivity contribution in [1.82, 2.24) is 10.2 Å². The lowest BCUT2D eigenvalue weighted by Crippen LogP contribution is -2.43. The van der Waals surface area contributed by atoms with E-state index in [4.69, 9.17) is 17.3 Å². The average molecular weight is 284 g/mol. The van der Waals surface area contributed by atoms with Gasteiger partial charge in [0.15, 0.2) is 0 Å². The van der Waals surface area contributed by atoms with Crippen LogP contribution < -0.4 is 11.1 Å². The van der Waals surface area contributed by atoms with Crippen LogP contribution in [0.2, 0.25) is 5.02 Å². The Morgan fingerprint density at radius 1 is 1.37 bits per heavy atom. The number of carbonyl (C=O) groups is 1. The number of nitrogens with one attached hydrogen (secondary N) is 1. The molecular formula is C14H22ClN3O. The fourth-order valence-corrected chi connectivity index (χ4v) is 2.30. The molecular weight excluding hydrogens is 262 g/mol. The van der Waals surface area contributed by atoms with Gasteiger partial charge in [-0.05, 0) is 38.2 Å². The Balaban J connectivity index is 2.69. The van der Waals surface area contributed by atoms with E-state index in [-0.39, 0.29) is 5.91 Å². The molecule has 0 aliphatic rings. The zero-order valence-corrected chi connectivity index (χ0v) is 12.7. The lowest BCUT2D eigenvalue weighted by Gasteiger charge is -2.28. The molecule has 1 unspecified atom stereocenters. The number of likely N-dealkylation sites (N-methyl/N-ethyl adjacent to an activating group) is 1.